The molecule has 0 bridgehead atoms. The average molecular weight is 505 g/mol. The molecule has 34 heavy (non-hydrogen) atoms. The van der Waals surface area contributed by atoms with Gasteiger partial charge in [-0.1, -0.05) is 6.07 Å². The molecule has 2 atom stereocenters. The number of aromatic nitrogens is 2. The molecule has 2 N–H and O–H groups in total. The standard InChI is InChI=1S/C22H24N4O6S2/c1-33-15-5-7-16(8-6-15)34(30,31)13-14-9-10-32-12-19(14)25-17-3-2-4-18(26(28)29)22(17)24-21(25)11-20(23)27/h2-8,14,19H,9-13H2,1H3,(H2,23,27)/t14-,19-/m0/s1. The number of nitrogens with zero attached hydrogens (tertiary/aromatic N) is 3. The first-order valence-electron chi connectivity index (χ1n) is 10.6. The number of carbonyl (C=O) groups is 1. The van der Waals surface area contributed by atoms with Gasteiger partial charge in [0.05, 0.1) is 40.2 Å². The first-order valence-corrected chi connectivity index (χ1v) is 13.5. The van der Waals surface area contributed by atoms with Crippen LogP contribution in [-0.4, -0.2) is 54.0 Å². The molecule has 1 amide bonds. The number of primary amides is 1. The Morgan fingerprint density at radius 1 is 1.29 bits per heavy atom. The molecule has 1 aliphatic rings. The molecule has 0 radical (unpaired) electrons. The summed E-state index contributed by atoms with van der Waals surface area (Å²) in [7, 11) is -3.62. The molecular weight excluding hydrogens is 480 g/mol. The van der Waals surface area contributed by atoms with Crippen LogP contribution in [0.4, 0.5) is 5.69 Å². The molecule has 1 aliphatic heterocycles. The fourth-order valence-corrected chi connectivity index (χ4v) is 6.46. The van der Waals surface area contributed by atoms with Crippen molar-refractivity contribution in [3.05, 3.63) is 58.4 Å². The van der Waals surface area contributed by atoms with Crippen LogP contribution in [0.1, 0.15) is 18.3 Å². The number of non-ortho nitro benzene ring substituents is 1. The maximum Gasteiger partial charge on any atom is 0.297 e. The van der Waals surface area contributed by atoms with Gasteiger partial charge in [0.15, 0.2) is 15.4 Å². The molecule has 2 heterocycles. The van der Waals surface area contributed by atoms with E-state index >= 15 is 0 Å². The third-order valence-corrected chi connectivity index (χ3v) is 8.55. The number of sulfone groups is 1. The highest BCUT2D eigenvalue weighted by atomic mass is 32.2. The number of fused-ring (bicyclic) bond motifs is 1. The molecule has 1 saturated heterocycles. The summed E-state index contributed by atoms with van der Waals surface area (Å²) in [5.41, 5.74) is 5.79. The first kappa shape index (κ1) is 24.2. The van der Waals surface area contributed by atoms with Crippen molar-refractivity contribution in [1.29, 1.82) is 0 Å². The van der Waals surface area contributed by atoms with Crippen LogP contribution < -0.4 is 5.73 Å². The van der Waals surface area contributed by atoms with Crippen LogP contribution in [0.2, 0.25) is 0 Å². The average Bonchev–Trinajstić information content (AvgIpc) is 3.16. The molecule has 0 aliphatic carbocycles. The van der Waals surface area contributed by atoms with Gasteiger partial charge in [0.1, 0.15) is 5.82 Å². The van der Waals surface area contributed by atoms with Crippen LogP contribution in [0.3, 0.4) is 0 Å². The van der Waals surface area contributed by atoms with E-state index in [2.05, 4.69) is 4.98 Å². The second kappa shape index (κ2) is 9.72. The summed E-state index contributed by atoms with van der Waals surface area (Å²) in [5.74, 6) is -0.889. The minimum absolute atomic E-state index is 0.128. The Morgan fingerprint density at radius 2 is 2.03 bits per heavy atom. The van der Waals surface area contributed by atoms with E-state index in [1.54, 1.807) is 34.9 Å². The number of nitrogens with two attached hydrogens (primary N) is 1. The van der Waals surface area contributed by atoms with Crippen molar-refractivity contribution in [3.8, 4) is 0 Å². The van der Waals surface area contributed by atoms with Gasteiger partial charge in [0, 0.05) is 17.6 Å². The normalized spacial score (nSPS) is 18.7. The van der Waals surface area contributed by atoms with Gasteiger partial charge < -0.3 is 15.0 Å². The highest BCUT2D eigenvalue weighted by Gasteiger charge is 2.35. The zero-order chi connectivity index (χ0) is 24.5. The van der Waals surface area contributed by atoms with Crippen LogP contribution in [-0.2, 0) is 25.8 Å². The van der Waals surface area contributed by atoms with Gasteiger partial charge in [-0.05, 0) is 48.9 Å². The van der Waals surface area contributed by atoms with Crippen LogP contribution >= 0.6 is 11.8 Å². The van der Waals surface area contributed by atoms with Crippen LogP contribution in [0.5, 0.6) is 0 Å². The number of hydrogen-bond acceptors (Lipinski definition) is 8. The smallest absolute Gasteiger partial charge is 0.297 e. The van der Waals surface area contributed by atoms with Crippen molar-refractivity contribution >= 4 is 44.2 Å². The Hall–Kier alpha value is -2.96. The molecule has 2 aromatic carbocycles. The number of nitro benzene ring substituents is 1. The SMILES string of the molecule is CSc1ccc(S(=O)(=O)C[C@@H]2CCOC[C@@H]2n2c(CC(N)=O)nc3c([N+](=O)[O-])cccc32)cc1. The number of ether oxygens (including phenoxy) is 1. The number of nitro groups is 1. The van der Waals surface area contributed by atoms with Gasteiger partial charge in [-0.25, -0.2) is 13.4 Å². The van der Waals surface area contributed by atoms with Gasteiger partial charge in [0.2, 0.25) is 5.91 Å². The number of thioether (sulfide) groups is 1. The third-order valence-electron chi connectivity index (χ3n) is 5.95. The number of benzene rings is 2. The summed E-state index contributed by atoms with van der Waals surface area (Å²) in [6.45, 7) is 0.575. The zero-order valence-corrected chi connectivity index (χ0v) is 20.0. The molecule has 0 spiro atoms. The van der Waals surface area contributed by atoms with E-state index in [-0.39, 0.29) is 46.6 Å². The molecular formula is C22H24N4O6S2. The molecule has 0 saturated carbocycles. The third kappa shape index (κ3) is 4.79. The van der Waals surface area contributed by atoms with Crippen LogP contribution in [0.25, 0.3) is 11.0 Å². The Balaban J connectivity index is 1.77. The highest BCUT2D eigenvalue weighted by Crippen LogP contribution is 2.36. The van der Waals surface area contributed by atoms with E-state index in [1.165, 1.54) is 23.9 Å². The Kier molecular flexibility index (Phi) is 6.91. The molecule has 3 aromatic rings. The molecule has 1 aromatic heterocycles. The topological polar surface area (TPSA) is 147 Å². The Morgan fingerprint density at radius 3 is 2.68 bits per heavy atom. The lowest BCUT2D eigenvalue weighted by Crippen LogP contribution is -2.35. The second-order valence-electron chi connectivity index (χ2n) is 8.09. The maximum absolute atomic E-state index is 13.2. The number of imidazole rings is 1. The summed E-state index contributed by atoms with van der Waals surface area (Å²) in [4.78, 5) is 28.3. The fraction of sp³-hybridized carbons (Fsp3) is 0.364. The highest BCUT2D eigenvalue weighted by molar-refractivity contribution is 7.98. The molecule has 0 unspecified atom stereocenters. The largest absolute Gasteiger partial charge is 0.379 e. The number of para-hydroxylation sites is 1. The van der Waals surface area contributed by atoms with Crippen molar-refractivity contribution in [1.82, 2.24) is 9.55 Å². The summed E-state index contributed by atoms with van der Waals surface area (Å²) < 4.78 is 33.9. The lowest BCUT2D eigenvalue weighted by Gasteiger charge is -2.33. The minimum atomic E-state index is -3.62. The summed E-state index contributed by atoms with van der Waals surface area (Å²) in [6, 6.07) is 10.8. The van der Waals surface area contributed by atoms with Crippen molar-refractivity contribution in [3.63, 3.8) is 0 Å². The summed E-state index contributed by atoms with van der Waals surface area (Å²) in [6.07, 6.45) is 2.15. The van der Waals surface area contributed by atoms with E-state index < -0.39 is 26.7 Å². The van der Waals surface area contributed by atoms with Crippen molar-refractivity contribution in [2.24, 2.45) is 11.7 Å². The first-order chi connectivity index (χ1) is 16.2. The zero-order valence-electron chi connectivity index (χ0n) is 18.4. The van der Waals surface area contributed by atoms with E-state index in [0.717, 1.165) is 4.90 Å². The van der Waals surface area contributed by atoms with Crippen molar-refractivity contribution < 1.29 is 22.9 Å². The number of rotatable bonds is 8. The van der Waals surface area contributed by atoms with Gasteiger partial charge in [0.25, 0.3) is 5.69 Å². The van der Waals surface area contributed by atoms with Gasteiger partial charge in [-0.2, -0.15) is 0 Å². The van der Waals surface area contributed by atoms with Crippen molar-refractivity contribution in [2.45, 2.75) is 28.7 Å². The monoisotopic (exact) mass is 504 g/mol. The lowest BCUT2D eigenvalue weighted by atomic mass is 9.96. The molecule has 180 valence electrons. The second-order valence-corrected chi connectivity index (χ2v) is 11.0. The summed E-state index contributed by atoms with van der Waals surface area (Å²) >= 11 is 1.53. The van der Waals surface area contributed by atoms with E-state index in [9.17, 15) is 23.3 Å². The molecule has 4 rings (SSSR count). The maximum atomic E-state index is 13.2. The Labute approximate surface area is 200 Å². The van der Waals surface area contributed by atoms with Gasteiger partial charge in [-0.3, -0.25) is 14.9 Å². The number of amides is 1. The predicted molar refractivity (Wildman–Crippen MR) is 128 cm³/mol. The Bertz CT molecular complexity index is 1340. The summed E-state index contributed by atoms with van der Waals surface area (Å²) in [5, 5.41) is 11.5. The minimum Gasteiger partial charge on any atom is -0.379 e. The predicted octanol–water partition coefficient (Wildman–Crippen LogP) is 2.75. The van der Waals surface area contributed by atoms with Gasteiger partial charge >= 0.3 is 0 Å². The van der Waals surface area contributed by atoms with E-state index in [4.69, 9.17) is 10.5 Å². The fourth-order valence-electron chi connectivity index (χ4n) is 4.36. The van der Waals surface area contributed by atoms with Gasteiger partial charge in [-0.15, -0.1) is 11.8 Å². The van der Waals surface area contributed by atoms with Crippen molar-refractivity contribution in [2.75, 3.05) is 25.2 Å². The van der Waals surface area contributed by atoms with Crippen LogP contribution in [0.15, 0.2) is 52.3 Å². The van der Waals surface area contributed by atoms with E-state index in [1.807, 2.05) is 6.26 Å². The van der Waals surface area contributed by atoms with Crippen LogP contribution in [0, 0.1) is 16.0 Å². The lowest BCUT2D eigenvalue weighted by molar-refractivity contribution is -0.383. The number of carbonyl (C=O) groups excluding carboxylic acids is 1. The quantitative estimate of drug-likeness (QED) is 0.280. The number of hydrogen-bond donors (Lipinski definition) is 1. The van der Waals surface area contributed by atoms with E-state index in [0.29, 0.717) is 18.5 Å². The molecule has 10 nitrogen and oxygen atoms in total. The molecule has 1 fully saturated rings. The molecule has 12 heteroatoms.